The largest absolute Gasteiger partial charge is 0.493 e. The van der Waals surface area contributed by atoms with Crippen molar-refractivity contribution in [3.05, 3.63) is 94.3 Å². The van der Waals surface area contributed by atoms with E-state index in [0.717, 1.165) is 10.9 Å². The summed E-state index contributed by atoms with van der Waals surface area (Å²) in [5.41, 5.74) is 2.51. The predicted molar refractivity (Wildman–Crippen MR) is 134 cm³/mol. The normalized spacial score (nSPS) is 11.7. The van der Waals surface area contributed by atoms with Crippen LogP contribution in [0.3, 0.4) is 0 Å². The first-order valence-corrected chi connectivity index (χ1v) is 11.2. The van der Waals surface area contributed by atoms with Gasteiger partial charge >= 0.3 is 11.6 Å². The zero-order valence-electron chi connectivity index (χ0n) is 19.9. The summed E-state index contributed by atoms with van der Waals surface area (Å²) in [6, 6.07) is 21.0. The van der Waals surface area contributed by atoms with Crippen molar-refractivity contribution in [3.8, 4) is 22.8 Å². The molecule has 0 unspecified atom stereocenters. The second kappa shape index (κ2) is 8.47. The van der Waals surface area contributed by atoms with Gasteiger partial charge in [0.05, 0.1) is 12.7 Å². The van der Waals surface area contributed by atoms with E-state index in [-0.39, 0.29) is 5.41 Å². The molecule has 0 saturated carbocycles. The van der Waals surface area contributed by atoms with E-state index in [1.165, 1.54) is 6.07 Å². The number of para-hydroxylation sites is 1. The van der Waals surface area contributed by atoms with Gasteiger partial charge in [0.15, 0.2) is 11.3 Å². The fraction of sp³-hybridized carbons (Fsp3) is 0.172. The van der Waals surface area contributed by atoms with Gasteiger partial charge < -0.3 is 18.3 Å². The van der Waals surface area contributed by atoms with Crippen LogP contribution < -0.4 is 15.1 Å². The quantitative estimate of drug-likeness (QED) is 0.165. The lowest BCUT2D eigenvalue weighted by Gasteiger charge is -2.18. The van der Waals surface area contributed by atoms with Crippen LogP contribution in [0, 0.1) is 0 Å². The zero-order valence-corrected chi connectivity index (χ0v) is 19.9. The van der Waals surface area contributed by atoms with Crippen LogP contribution in [-0.4, -0.2) is 13.1 Å². The molecule has 176 valence electrons. The molecule has 0 N–H and O–H groups in total. The topological polar surface area (TPSA) is 78.9 Å². The van der Waals surface area contributed by atoms with E-state index < -0.39 is 11.6 Å². The van der Waals surface area contributed by atoms with Gasteiger partial charge in [0.1, 0.15) is 17.1 Å². The van der Waals surface area contributed by atoms with Gasteiger partial charge in [-0.2, -0.15) is 0 Å². The van der Waals surface area contributed by atoms with Crippen LogP contribution in [0.2, 0.25) is 0 Å². The number of fused-ring (bicyclic) bond motifs is 2. The molecule has 0 aliphatic carbocycles. The first kappa shape index (κ1) is 22.5. The summed E-state index contributed by atoms with van der Waals surface area (Å²) < 4.78 is 22.5. The number of hydrogen-bond acceptors (Lipinski definition) is 6. The molecule has 0 bridgehead atoms. The van der Waals surface area contributed by atoms with E-state index in [1.54, 1.807) is 43.5 Å². The maximum atomic E-state index is 12.8. The first-order chi connectivity index (χ1) is 16.7. The Morgan fingerprint density at radius 2 is 1.66 bits per heavy atom. The highest BCUT2D eigenvalue weighted by Gasteiger charge is 2.18. The Hall–Kier alpha value is -4.32. The highest BCUT2D eigenvalue weighted by Crippen LogP contribution is 2.36. The molecule has 2 aromatic heterocycles. The molecule has 0 saturated heterocycles. The summed E-state index contributed by atoms with van der Waals surface area (Å²) in [5, 5.41) is 1.41. The number of benzene rings is 3. The second-order valence-corrected chi connectivity index (χ2v) is 9.34. The van der Waals surface area contributed by atoms with Crippen molar-refractivity contribution in [1.82, 2.24) is 0 Å². The van der Waals surface area contributed by atoms with Crippen molar-refractivity contribution in [1.29, 1.82) is 0 Å². The minimum atomic E-state index is -0.511. The highest BCUT2D eigenvalue weighted by atomic mass is 16.5. The van der Waals surface area contributed by atoms with Gasteiger partial charge in [0, 0.05) is 22.4 Å². The molecule has 5 rings (SSSR count). The van der Waals surface area contributed by atoms with Crippen LogP contribution in [0.25, 0.3) is 33.3 Å². The third-order valence-electron chi connectivity index (χ3n) is 5.90. The number of carbonyl (C=O) groups excluding carboxylic acids is 1. The summed E-state index contributed by atoms with van der Waals surface area (Å²) in [4.78, 5) is 25.0. The number of methoxy groups -OCH3 is 1. The van der Waals surface area contributed by atoms with Crippen molar-refractivity contribution in [3.63, 3.8) is 0 Å². The van der Waals surface area contributed by atoms with Crippen molar-refractivity contribution in [2.45, 2.75) is 26.2 Å². The summed E-state index contributed by atoms with van der Waals surface area (Å²) >= 11 is 0. The fourth-order valence-corrected chi connectivity index (χ4v) is 4.01. The molecule has 2 heterocycles. The molecule has 0 aliphatic heterocycles. The molecule has 6 heteroatoms. The third-order valence-corrected chi connectivity index (χ3v) is 5.90. The van der Waals surface area contributed by atoms with Crippen molar-refractivity contribution < 1.29 is 23.1 Å². The summed E-state index contributed by atoms with van der Waals surface area (Å²) in [6.45, 7) is 6.34. The molecule has 0 fully saturated rings. The molecule has 35 heavy (non-hydrogen) atoms. The average Bonchev–Trinajstić information content (AvgIpc) is 3.27. The molecule has 0 amide bonds. The predicted octanol–water partition coefficient (Wildman–Crippen LogP) is 6.73. The molecule has 6 nitrogen and oxygen atoms in total. The average molecular weight is 469 g/mol. The van der Waals surface area contributed by atoms with Gasteiger partial charge in [0.2, 0.25) is 0 Å². The lowest BCUT2D eigenvalue weighted by Crippen LogP contribution is -2.13. The van der Waals surface area contributed by atoms with Crippen molar-refractivity contribution >= 4 is 27.9 Å². The monoisotopic (exact) mass is 468 g/mol. The molecule has 0 spiro atoms. The number of rotatable bonds is 4. The van der Waals surface area contributed by atoms with Gasteiger partial charge in [-0.1, -0.05) is 45.0 Å². The van der Waals surface area contributed by atoms with Crippen LogP contribution >= 0.6 is 0 Å². The first-order valence-electron chi connectivity index (χ1n) is 11.2. The summed E-state index contributed by atoms with van der Waals surface area (Å²) in [5.74, 6) is 0.917. The van der Waals surface area contributed by atoms with Crippen LogP contribution in [0.1, 0.15) is 36.7 Å². The summed E-state index contributed by atoms with van der Waals surface area (Å²) in [6.07, 6.45) is 0. The fourth-order valence-electron chi connectivity index (χ4n) is 4.01. The number of esters is 1. The van der Waals surface area contributed by atoms with Crippen LogP contribution in [-0.2, 0) is 5.41 Å². The third kappa shape index (κ3) is 4.30. The van der Waals surface area contributed by atoms with E-state index in [4.69, 9.17) is 18.3 Å². The van der Waals surface area contributed by atoms with Gasteiger partial charge in [0.25, 0.3) is 0 Å². The molecule has 5 aromatic rings. The van der Waals surface area contributed by atoms with Gasteiger partial charge in [-0.3, -0.25) is 0 Å². The zero-order chi connectivity index (χ0) is 24.7. The van der Waals surface area contributed by atoms with Crippen LogP contribution in [0.5, 0.6) is 11.5 Å². The number of furan rings is 1. The molecule has 3 aromatic carbocycles. The maximum Gasteiger partial charge on any atom is 0.343 e. The molecule has 0 radical (unpaired) electrons. The number of hydrogen-bond donors (Lipinski definition) is 0. The van der Waals surface area contributed by atoms with Crippen molar-refractivity contribution in [2.24, 2.45) is 0 Å². The molecular weight excluding hydrogens is 444 g/mol. The highest BCUT2D eigenvalue weighted by molar-refractivity contribution is 5.97. The molecule has 0 aliphatic rings. The van der Waals surface area contributed by atoms with Gasteiger partial charge in [-0.15, -0.1) is 0 Å². The SMILES string of the molecule is COc1cccc2cc(-c3cc(=O)oc4ccc(OC(=O)c5ccc(C(C)(C)C)cc5)cc34)oc12. The van der Waals surface area contributed by atoms with E-state index in [0.29, 0.717) is 44.9 Å². The number of ether oxygens (including phenoxy) is 2. The van der Waals surface area contributed by atoms with E-state index in [1.807, 2.05) is 30.3 Å². The smallest absolute Gasteiger partial charge is 0.343 e. The molecule has 0 atom stereocenters. The van der Waals surface area contributed by atoms with Crippen molar-refractivity contribution in [2.75, 3.05) is 7.11 Å². The Morgan fingerprint density at radius 3 is 2.37 bits per heavy atom. The minimum Gasteiger partial charge on any atom is -0.493 e. The lowest BCUT2D eigenvalue weighted by molar-refractivity contribution is 0.0735. The van der Waals surface area contributed by atoms with Crippen LogP contribution in [0.4, 0.5) is 0 Å². The lowest BCUT2D eigenvalue weighted by atomic mass is 9.87. The Bertz CT molecular complexity index is 1610. The minimum absolute atomic E-state index is 0.0121. The maximum absolute atomic E-state index is 12.8. The Morgan fingerprint density at radius 1 is 0.886 bits per heavy atom. The van der Waals surface area contributed by atoms with Gasteiger partial charge in [-0.25, -0.2) is 9.59 Å². The Balaban J connectivity index is 1.53. The Kier molecular flexibility index (Phi) is 5.44. The summed E-state index contributed by atoms with van der Waals surface area (Å²) in [7, 11) is 1.57. The second-order valence-electron chi connectivity index (χ2n) is 9.34. The standard InChI is InChI=1S/C29H24O6/c1-29(2,3)19-10-8-17(9-11-19)28(31)33-20-12-13-23-21(15-20)22(16-26(30)34-23)25-14-18-6-5-7-24(32-4)27(18)35-25/h5-16H,1-4H3. The molecular formula is C29H24O6. The van der Waals surface area contributed by atoms with Crippen LogP contribution in [0.15, 0.2) is 86.4 Å². The van der Waals surface area contributed by atoms with E-state index in [9.17, 15) is 9.59 Å². The van der Waals surface area contributed by atoms with E-state index >= 15 is 0 Å². The number of carbonyl (C=O) groups is 1. The Labute approximate surface area is 201 Å². The van der Waals surface area contributed by atoms with E-state index in [2.05, 4.69) is 20.8 Å². The van der Waals surface area contributed by atoms with Gasteiger partial charge in [-0.05, 0) is 53.4 Å².